The third-order valence-corrected chi connectivity index (χ3v) is 5.46. The highest BCUT2D eigenvalue weighted by Gasteiger charge is 2.25. The smallest absolute Gasteiger partial charge is 0.243 e. The van der Waals surface area contributed by atoms with E-state index in [1.165, 1.54) is 27.4 Å². The lowest BCUT2D eigenvalue weighted by atomic mass is 10.3. The second-order valence-corrected chi connectivity index (χ2v) is 7.30. The van der Waals surface area contributed by atoms with Gasteiger partial charge in [0, 0.05) is 31.9 Å². The van der Waals surface area contributed by atoms with E-state index in [0.29, 0.717) is 5.69 Å². The summed E-state index contributed by atoms with van der Waals surface area (Å²) in [4.78, 5) is 4.11. The molecule has 0 aliphatic heterocycles. The molecule has 0 atom stereocenters. The van der Waals surface area contributed by atoms with Gasteiger partial charge in [0.25, 0.3) is 0 Å². The predicted octanol–water partition coefficient (Wildman–Crippen LogP) is 1.16. The lowest BCUT2D eigenvalue weighted by Gasteiger charge is -2.21. The highest BCUT2D eigenvalue weighted by Crippen LogP contribution is 2.21. The highest BCUT2D eigenvalue weighted by atomic mass is 32.2. The van der Waals surface area contributed by atoms with E-state index < -0.39 is 10.0 Å². The fraction of sp³-hybridized carbons (Fsp3) is 0.188. The van der Waals surface area contributed by atoms with Gasteiger partial charge in [-0.05, 0) is 40.3 Å². The molecular weight excluding hydrogens is 354 g/mol. The van der Waals surface area contributed by atoms with Crippen molar-refractivity contribution in [2.75, 3.05) is 6.54 Å². The Morgan fingerprint density at radius 2 is 2.12 bits per heavy atom. The minimum Gasteiger partial charge on any atom is -0.264 e. The number of hydrogen-bond acceptors (Lipinski definition) is 7. The molecule has 2 aromatic heterocycles. The van der Waals surface area contributed by atoms with Crippen LogP contribution in [0.5, 0.6) is 0 Å². The topological polar surface area (TPSA) is 118 Å². The molecule has 2 heterocycles. The molecule has 0 amide bonds. The summed E-state index contributed by atoms with van der Waals surface area (Å²) in [5, 5.41) is 19.7. The number of benzene rings is 1. The highest BCUT2D eigenvalue weighted by molar-refractivity contribution is 7.89. The Kier molecular flexibility index (Phi) is 5.31. The van der Waals surface area contributed by atoms with Crippen molar-refractivity contribution in [1.82, 2.24) is 29.5 Å². The van der Waals surface area contributed by atoms with Gasteiger partial charge in [-0.25, -0.2) is 13.1 Å². The van der Waals surface area contributed by atoms with Crippen molar-refractivity contribution < 1.29 is 8.42 Å². The molecule has 0 fully saturated rings. The zero-order valence-corrected chi connectivity index (χ0v) is 14.5. The van der Waals surface area contributed by atoms with Gasteiger partial charge in [-0.2, -0.15) is 9.57 Å². The molecule has 0 saturated heterocycles. The van der Waals surface area contributed by atoms with Crippen molar-refractivity contribution in [1.29, 1.82) is 5.26 Å². The first-order valence-corrected chi connectivity index (χ1v) is 9.15. The largest absolute Gasteiger partial charge is 0.264 e. The van der Waals surface area contributed by atoms with Crippen LogP contribution in [-0.2, 0) is 16.6 Å². The van der Waals surface area contributed by atoms with Gasteiger partial charge in [0.05, 0.1) is 16.7 Å². The van der Waals surface area contributed by atoms with Crippen LogP contribution >= 0.6 is 0 Å². The Labute approximate surface area is 150 Å². The zero-order valence-electron chi connectivity index (χ0n) is 13.7. The normalized spacial score (nSPS) is 11.4. The Morgan fingerprint density at radius 1 is 1.23 bits per heavy atom. The molecule has 3 aromatic rings. The fourth-order valence-electron chi connectivity index (χ4n) is 2.37. The quantitative estimate of drug-likeness (QED) is 0.613. The van der Waals surface area contributed by atoms with Crippen molar-refractivity contribution in [2.45, 2.75) is 17.9 Å². The molecule has 132 valence electrons. The van der Waals surface area contributed by atoms with E-state index in [2.05, 4.69) is 20.5 Å². The molecule has 0 unspecified atom stereocenters. The molecule has 10 heteroatoms. The number of nitriles is 1. The molecule has 1 aromatic carbocycles. The minimum atomic E-state index is -3.81. The lowest BCUT2D eigenvalue weighted by molar-refractivity contribution is 0.413. The van der Waals surface area contributed by atoms with E-state index >= 15 is 0 Å². The maximum atomic E-state index is 13.1. The van der Waals surface area contributed by atoms with Crippen LogP contribution in [0, 0.1) is 11.3 Å². The summed E-state index contributed by atoms with van der Waals surface area (Å²) >= 11 is 0. The molecule has 26 heavy (non-hydrogen) atoms. The summed E-state index contributed by atoms with van der Waals surface area (Å²) in [6.45, 7) is 0.218. The van der Waals surface area contributed by atoms with Crippen LogP contribution in [0.15, 0.2) is 60.0 Å². The maximum Gasteiger partial charge on any atom is 0.243 e. The Bertz CT molecular complexity index is 999. The first-order chi connectivity index (χ1) is 12.6. The van der Waals surface area contributed by atoms with E-state index in [-0.39, 0.29) is 24.4 Å². The van der Waals surface area contributed by atoms with Crippen molar-refractivity contribution in [3.8, 4) is 11.8 Å². The predicted molar refractivity (Wildman–Crippen MR) is 91.2 cm³/mol. The third-order valence-electron chi connectivity index (χ3n) is 3.62. The average Bonchev–Trinajstić information content (AvgIpc) is 3.21. The van der Waals surface area contributed by atoms with Gasteiger partial charge in [-0.15, -0.1) is 5.10 Å². The van der Waals surface area contributed by atoms with Gasteiger partial charge in [0.15, 0.2) is 0 Å². The number of pyridine rings is 1. The number of sulfonamides is 1. The molecular formula is C16H15N7O2S. The number of hydrogen-bond donors (Lipinski definition) is 0. The summed E-state index contributed by atoms with van der Waals surface area (Å²) < 4.78 is 28.8. The first kappa shape index (κ1) is 17.7. The monoisotopic (exact) mass is 369 g/mol. The molecule has 0 spiro atoms. The molecule has 0 N–H and O–H groups in total. The average molecular weight is 369 g/mol. The van der Waals surface area contributed by atoms with Gasteiger partial charge in [-0.1, -0.05) is 12.1 Å². The van der Waals surface area contributed by atoms with Gasteiger partial charge in [0.1, 0.15) is 6.33 Å². The molecule has 0 bridgehead atoms. The Hall–Kier alpha value is -3.16. The van der Waals surface area contributed by atoms with E-state index in [4.69, 9.17) is 5.26 Å². The molecule has 9 nitrogen and oxygen atoms in total. The summed E-state index contributed by atoms with van der Waals surface area (Å²) in [7, 11) is -3.81. The van der Waals surface area contributed by atoms with Crippen molar-refractivity contribution >= 4 is 10.0 Å². The van der Waals surface area contributed by atoms with Gasteiger partial charge < -0.3 is 0 Å². The Morgan fingerprint density at radius 3 is 2.81 bits per heavy atom. The molecule has 0 aliphatic rings. The first-order valence-electron chi connectivity index (χ1n) is 7.70. The van der Waals surface area contributed by atoms with Crippen LogP contribution in [0.3, 0.4) is 0 Å². The Balaban J connectivity index is 1.94. The number of tetrazole rings is 1. The van der Waals surface area contributed by atoms with Gasteiger partial charge in [-0.3, -0.25) is 4.98 Å². The van der Waals surface area contributed by atoms with E-state index in [0.717, 1.165) is 5.56 Å². The van der Waals surface area contributed by atoms with Crippen molar-refractivity contribution in [3.63, 3.8) is 0 Å². The fourth-order valence-corrected chi connectivity index (χ4v) is 3.84. The summed E-state index contributed by atoms with van der Waals surface area (Å²) in [6.07, 6.45) is 4.70. The van der Waals surface area contributed by atoms with Gasteiger partial charge in [0.2, 0.25) is 10.0 Å². The molecule has 3 rings (SSSR count). The number of nitrogens with zero attached hydrogens (tertiary/aromatic N) is 7. The van der Waals surface area contributed by atoms with Crippen LogP contribution in [-0.4, -0.2) is 44.5 Å². The van der Waals surface area contributed by atoms with E-state index in [1.54, 1.807) is 36.7 Å². The van der Waals surface area contributed by atoms with Crippen LogP contribution in [0.25, 0.3) is 5.69 Å². The van der Waals surface area contributed by atoms with Crippen LogP contribution in [0.2, 0.25) is 0 Å². The zero-order chi connectivity index (χ0) is 18.4. The second-order valence-electron chi connectivity index (χ2n) is 5.36. The van der Waals surface area contributed by atoms with E-state index in [9.17, 15) is 8.42 Å². The SMILES string of the molecule is N#CCCN(Cc1cccnc1)S(=O)(=O)c1cccc(-n2cnnn2)c1. The van der Waals surface area contributed by atoms with Crippen molar-refractivity contribution in [3.05, 3.63) is 60.7 Å². The van der Waals surface area contributed by atoms with Crippen LogP contribution < -0.4 is 0 Å². The van der Waals surface area contributed by atoms with Crippen molar-refractivity contribution in [2.24, 2.45) is 0 Å². The van der Waals surface area contributed by atoms with E-state index in [1.807, 2.05) is 6.07 Å². The summed E-state index contributed by atoms with van der Waals surface area (Å²) in [6, 6.07) is 11.8. The number of rotatable bonds is 7. The molecule has 0 radical (unpaired) electrons. The molecule has 0 saturated carbocycles. The number of aromatic nitrogens is 5. The van der Waals surface area contributed by atoms with Gasteiger partial charge >= 0.3 is 0 Å². The minimum absolute atomic E-state index is 0.0861. The second kappa shape index (κ2) is 7.81. The standard InChI is InChI=1S/C16H15N7O2S/c17-7-3-9-22(12-14-4-2-8-18-11-14)26(24,25)16-6-1-5-15(10-16)23-13-19-20-21-23/h1-2,4-6,8,10-11,13H,3,9,12H2. The lowest BCUT2D eigenvalue weighted by Crippen LogP contribution is -2.31. The van der Waals surface area contributed by atoms with Crippen LogP contribution in [0.1, 0.15) is 12.0 Å². The maximum absolute atomic E-state index is 13.1. The van der Waals surface area contributed by atoms with Crippen LogP contribution in [0.4, 0.5) is 0 Å². The molecule has 0 aliphatic carbocycles. The summed E-state index contributed by atoms with van der Waals surface area (Å²) in [5.74, 6) is 0. The third kappa shape index (κ3) is 3.90. The summed E-state index contributed by atoms with van der Waals surface area (Å²) in [5.41, 5.74) is 1.27.